The Morgan fingerprint density at radius 3 is 2.69 bits per heavy atom. The van der Waals surface area contributed by atoms with Gasteiger partial charge in [-0.05, 0) is 48.9 Å². The summed E-state index contributed by atoms with van der Waals surface area (Å²) in [5, 5.41) is 0.765. The van der Waals surface area contributed by atoms with Crippen molar-refractivity contribution in [3.05, 3.63) is 59.3 Å². The van der Waals surface area contributed by atoms with Crippen molar-refractivity contribution >= 4 is 23.3 Å². The molecule has 0 saturated heterocycles. The maximum Gasteiger partial charge on any atom is 0.573 e. The Morgan fingerprint density at radius 1 is 1.17 bits per heavy atom. The standard InChI is InChI=1S/C20H19F4N3O.ClH/c1-26-6-5-19-17(12-26)16-9-15(28-20(22,23)24)2-3-18(16)27(19)7-4-13-8-14(21)11-25-10-13;/h2-3,8-11H,4-7,12H2,1H3;1H. The molecule has 3 aromatic rings. The third kappa shape index (κ3) is 4.64. The molecule has 0 aliphatic carbocycles. The van der Waals surface area contributed by atoms with Crippen LogP contribution in [0.1, 0.15) is 16.8 Å². The fourth-order valence-corrected chi connectivity index (χ4v) is 3.85. The molecular weight excluding hydrogens is 410 g/mol. The zero-order valence-corrected chi connectivity index (χ0v) is 16.5. The van der Waals surface area contributed by atoms with Gasteiger partial charge >= 0.3 is 6.36 Å². The lowest BCUT2D eigenvalue weighted by atomic mass is 10.0. The van der Waals surface area contributed by atoms with Gasteiger partial charge in [0.1, 0.15) is 11.6 Å². The van der Waals surface area contributed by atoms with E-state index in [9.17, 15) is 17.6 Å². The van der Waals surface area contributed by atoms with Crippen molar-refractivity contribution in [3.8, 4) is 5.75 Å². The maximum absolute atomic E-state index is 13.4. The Morgan fingerprint density at radius 2 is 1.97 bits per heavy atom. The first kappa shape index (κ1) is 21.4. The number of hydrogen-bond donors (Lipinski definition) is 0. The predicted molar refractivity (Wildman–Crippen MR) is 104 cm³/mol. The average Bonchev–Trinajstić information content (AvgIpc) is 2.91. The summed E-state index contributed by atoms with van der Waals surface area (Å²) in [6, 6.07) is 5.92. The number of benzene rings is 1. The van der Waals surface area contributed by atoms with E-state index >= 15 is 0 Å². The normalized spacial score (nSPS) is 14.5. The number of fused-ring (bicyclic) bond motifs is 3. The zero-order chi connectivity index (χ0) is 19.9. The summed E-state index contributed by atoms with van der Waals surface area (Å²) in [7, 11) is 1.99. The number of likely N-dealkylation sites (N-methyl/N-ethyl adjacent to an activating group) is 1. The summed E-state index contributed by atoms with van der Waals surface area (Å²) >= 11 is 0. The fourth-order valence-electron chi connectivity index (χ4n) is 3.85. The number of halogens is 5. The Balaban J connectivity index is 0.00000240. The Bertz CT molecular complexity index is 1020. The van der Waals surface area contributed by atoms with Gasteiger partial charge in [0.2, 0.25) is 0 Å². The van der Waals surface area contributed by atoms with Crippen molar-refractivity contribution in [3.63, 3.8) is 0 Å². The summed E-state index contributed by atoms with van der Waals surface area (Å²) < 4.78 is 57.5. The van der Waals surface area contributed by atoms with E-state index in [1.807, 2.05) is 7.05 Å². The SMILES string of the molecule is CN1CCc2c(c3cc(OC(F)(F)F)ccc3n2CCc2cncc(F)c2)C1.Cl. The largest absolute Gasteiger partial charge is 0.573 e. The Labute approximate surface area is 171 Å². The molecule has 4 nitrogen and oxygen atoms in total. The number of nitrogens with zero attached hydrogens (tertiary/aromatic N) is 3. The number of rotatable bonds is 4. The monoisotopic (exact) mass is 429 g/mol. The van der Waals surface area contributed by atoms with Crippen molar-refractivity contribution in [2.75, 3.05) is 13.6 Å². The van der Waals surface area contributed by atoms with Crippen molar-refractivity contribution < 1.29 is 22.3 Å². The van der Waals surface area contributed by atoms with Crippen LogP contribution in [0.5, 0.6) is 5.75 Å². The highest BCUT2D eigenvalue weighted by molar-refractivity contribution is 5.87. The Kier molecular flexibility index (Phi) is 6.05. The van der Waals surface area contributed by atoms with Crippen molar-refractivity contribution in [2.24, 2.45) is 0 Å². The van der Waals surface area contributed by atoms with E-state index in [4.69, 9.17) is 0 Å². The third-order valence-electron chi connectivity index (χ3n) is 5.04. The molecule has 1 aromatic carbocycles. The molecule has 4 rings (SSSR count). The lowest BCUT2D eigenvalue weighted by Gasteiger charge is -2.24. The molecule has 0 fully saturated rings. The van der Waals surface area contributed by atoms with Gasteiger partial charge in [0.25, 0.3) is 0 Å². The van der Waals surface area contributed by atoms with E-state index in [1.54, 1.807) is 12.3 Å². The first-order valence-electron chi connectivity index (χ1n) is 8.98. The molecule has 9 heteroatoms. The minimum atomic E-state index is -4.72. The van der Waals surface area contributed by atoms with Crippen LogP contribution in [0.3, 0.4) is 0 Å². The second-order valence-corrected chi connectivity index (χ2v) is 7.05. The number of aryl methyl sites for hydroxylation is 2. The number of aromatic nitrogens is 2. The summed E-state index contributed by atoms with van der Waals surface area (Å²) in [6.07, 6.45) is -0.550. The van der Waals surface area contributed by atoms with Crippen LogP contribution in [0, 0.1) is 5.82 Å². The van der Waals surface area contributed by atoms with Gasteiger partial charge in [-0.2, -0.15) is 0 Å². The van der Waals surface area contributed by atoms with Crippen LogP contribution in [-0.4, -0.2) is 34.4 Å². The molecule has 2 aromatic heterocycles. The van der Waals surface area contributed by atoms with Gasteiger partial charge in [0, 0.05) is 48.8 Å². The summed E-state index contributed by atoms with van der Waals surface area (Å²) in [5.74, 6) is -0.602. The van der Waals surface area contributed by atoms with Crippen molar-refractivity contribution in [1.29, 1.82) is 0 Å². The summed E-state index contributed by atoms with van der Waals surface area (Å²) in [4.78, 5) is 6.01. The predicted octanol–water partition coefficient (Wildman–Crippen LogP) is 4.73. The second-order valence-electron chi connectivity index (χ2n) is 7.05. The molecule has 1 aliphatic heterocycles. The van der Waals surface area contributed by atoms with Crippen LogP contribution < -0.4 is 4.74 Å². The fraction of sp³-hybridized carbons (Fsp3) is 0.350. The third-order valence-corrected chi connectivity index (χ3v) is 5.04. The minimum absolute atomic E-state index is 0. The van der Waals surface area contributed by atoms with Crippen LogP contribution in [0.2, 0.25) is 0 Å². The summed E-state index contributed by atoms with van der Waals surface area (Å²) in [6.45, 7) is 2.13. The first-order chi connectivity index (χ1) is 13.3. The highest BCUT2D eigenvalue weighted by atomic mass is 35.5. The van der Waals surface area contributed by atoms with Gasteiger partial charge in [0.15, 0.2) is 0 Å². The van der Waals surface area contributed by atoms with E-state index in [1.165, 1.54) is 18.2 Å². The van der Waals surface area contributed by atoms with Crippen LogP contribution in [0.25, 0.3) is 10.9 Å². The highest BCUT2D eigenvalue weighted by Crippen LogP contribution is 2.34. The maximum atomic E-state index is 13.4. The summed E-state index contributed by atoms with van der Waals surface area (Å²) in [5.41, 5.74) is 3.77. The van der Waals surface area contributed by atoms with Crippen LogP contribution in [0.15, 0.2) is 36.7 Å². The molecular formula is C20H20ClF4N3O. The van der Waals surface area contributed by atoms with Crippen LogP contribution >= 0.6 is 12.4 Å². The molecule has 0 saturated carbocycles. The molecule has 0 atom stereocenters. The van der Waals surface area contributed by atoms with Crippen LogP contribution in [-0.2, 0) is 25.9 Å². The molecule has 0 radical (unpaired) electrons. The van der Waals surface area contributed by atoms with Crippen LogP contribution in [0.4, 0.5) is 17.6 Å². The van der Waals surface area contributed by atoms with E-state index in [0.29, 0.717) is 19.5 Å². The Hall–Kier alpha value is -2.32. The number of ether oxygens (including phenoxy) is 1. The minimum Gasteiger partial charge on any atom is -0.406 e. The van der Waals surface area contributed by atoms with Gasteiger partial charge in [-0.1, -0.05) is 0 Å². The van der Waals surface area contributed by atoms with Crippen molar-refractivity contribution in [1.82, 2.24) is 14.5 Å². The van der Waals surface area contributed by atoms with E-state index in [-0.39, 0.29) is 24.0 Å². The average molecular weight is 430 g/mol. The van der Waals surface area contributed by atoms with Gasteiger partial charge in [-0.3, -0.25) is 4.98 Å². The van der Waals surface area contributed by atoms with Gasteiger partial charge in [-0.25, -0.2) is 4.39 Å². The molecule has 0 bridgehead atoms. The zero-order valence-electron chi connectivity index (χ0n) is 15.7. The van der Waals surface area contributed by atoms with E-state index < -0.39 is 6.36 Å². The van der Waals surface area contributed by atoms with E-state index in [2.05, 4.69) is 19.2 Å². The molecule has 0 unspecified atom stereocenters. The van der Waals surface area contributed by atoms with E-state index in [0.717, 1.165) is 46.9 Å². The topological polar surface area (TPSA) is 30.3 Å². The number of hydrogen-bond acceptors (Lipinski definition) is 3. The smallest absolute Gasteiger partial charge is 0.406 e. The molecule has 0 amide bonds. The lowest BCUT2D eigenvalue weighted by Crippen LogP contribution is -2.27. The molecule has 3 heterocycles. The molecule has 0 spiro atoms. The molecule has 1 aliphatic rings. The molecule has 156 valence electrons. The second kappa shape index (κ2) is 8.20. The molecule has 29 heavy (non-hydrogen) atoms. The van der Waals surface area contributed by atoms with Gasteiger partial charge < -0.3 is 14.2 Å². The number of alkyl halides is 3. The van der Waals surface area contributed by atoms with Gasteiger partial charge in [-0.15, -0.1) is 25.6 Å². The highest BCUT2D eigenvalue weighted by Gasteiger charge is 2.31. The quantitative estimate of drug-likeness (QED) is 0.562. The van der Waals surface area contributed by atoms with Gasteiger partial charge in [0.05, 0.1) is 6.20 Å². The lowest BCUT2D eigenvalue weighted by molar-refractivity contribution is -0.274. The first-order valence-corrected chi connectivity index (χ1v) is 8.98. The molecule has 0 N–H and O–H groups in total. The van der Waals surface area contributed by atoms with Crippen molar-refractivity contribution in [2.45, 2.75) is 32.3 Å². The number of pyridine rings is 1.